The summed E-state index contributed by atoms with van der Waals surface area (Å²) in [5.74, 6) is -0.114. The van der Waals surface area contributed by atoms with Gasteiger partial charge in [-0.05, 0) is 30.4 Å². The van der Waals surface area contributed by atoms with Gasteiger partial charge < -0.3 is 10.0 Å². The van der Waals surface area contributed by atoms with E-state index in [2.05, 4.69) is 0 Å². The van der Waals surface area contributed by atoms with Crippen molar-refractivity contribution in [1.29, 1.82) is 0 Å². The number of hydrogen-bond donors (Lipinski definition) is 1. The summed E-state index contributed by atoms with van der Waals surface area (Å²) >= 11 is 0. The fourth-order valence-corrected chi connectivity index (χ4v) is 2.58. The van der Waals surface area contributed by atoms with Crippen molar-refractivity contribution in [3.8, 4) is 0 Å². The zero-order valence-electron chi connectivity index (χ0n) is 11.6. The summed E-state index contributed by atoms with van der Waals surface area (Å²) in [5, 5.41) is 9.14. The Balaban J connectivity index is 2.02. The normalized spacial score (nSPS) is 19.6. The molecule has 116 valence electrons. The number of amides is 1. The second kappa shape index (κ2) is 6.47. The first kappa shape index (κ1) is 15.8. The predicted molar refractivity (Wildman–Crippen MR) is 71.5 cm³/mol. The molecule has 1 fully saturated rings. The van der Waals surface area contributed by atoms with Crippen molar-refractivity contribution in [2.24, 2.45) is 5.92 Å². The molecule has 1 aromatic carbocycles. The first-order chi connectivity index (χ1) is 9.90. The van der Waals surface area contributed by atoms with E-state index < -0.39 is 11.7 Å². The molecule has 1 atom stereocenters. The fraction of sp³-hybridized carbons (Fsp3) is 0.533. The van der Waals surface area contributed by atoms with E-state index >= 15 is 0 Å². The Morgan fingerprint density at radius 1 is 1.38 bits per heavy atom. The minimum atomic E-state index is -4.40. The maximum Gasteiger partial charge on any atom is 0.416 e. The van der Waals surface area contributed by atoms with Crippen LogP contribution in [0.3, 0.4) is 0 Å². The van der Waals surface area contributed by atoms with Crippen LogP contribution in [0.25, 0.3) is 0 Å². The monoisotopic (exact) mass is 301 g/mol. The summed E-state index contributed by atoms with van der Waals surface area (Å²) < 4.78 is 37.9. The van der Waals surface area contributed by atoms with Gasteiger partial charge in [0.05, 0.1) is 12.0 Å². The maximum atomic E-state index is 12.6. The quantitative estimate of drug-likeness (QED) is 0.932. The average molecular weight is 301 g/mol. The van der Waals surface area contributed by atoms with Crippen molar-refractivity contribution < 1.29 is 23.1 Å². The molecule has 1 saturated heterocycles. The number of benzene rings is 1. The number of hydrogen-bond acceptors (Lipinski definition) is 2. The number of aliphatic hydroxyl groups is 1. The number of likely N-dealkylation sites (tertiary alicyclic amines) is 1. The van der Waals surface area contributed by atoms with Crippen molar-refractivity contribution in [3.63, 3.8) is 0 Å². The topological polar surface area (TPSA) is 40.5 Å². The van der Waals surface area contributed by atoms with E-state index in [1.807, 2.05) is 0 Å². The van der Waals surface area contributed by atoms with E-state index in [0.717, 1.165) is 25.0 Å². The zero-order valence-corrected chi connectivity index (χ0v) is 11.6. The highest BCUT2D eigenvalue weighted by molar-refractivity contribution is 5.79. The van der Waals surface area contributed by atoms with Crippen molar-refractivity contribution in [3.05, 3.63) is 35.4 Å². The Hall–Kier alpha value is -1.56. The van der Waals surface area contributed by atoms with E-state index in [9.17, 15) is 18.0 Å². The summed E-state index contributed by atoms with van der Waals surface area (Å²) in [6.07, 6.45) is -2.74. The van der Waals surface area contributed by atoms with E-state index in [0.29, 0.717) is 18.7 Å². The minimum absolute atomic E-state index is 0.0351. The van der Waals surface area contributed by atoms with Crippen molar-refractivity contribution in [1.82, 2.24) is 4.90 Å². The van der Waals surface area contributed by atoms with Crippen LogP contribution in [0, 0.1) is 5.92 Å². The van der Waals surface area contributed by atoms with Gasteiger partial charge in [0.25, 0.3) is 0 Å². The van der Waals surface area contributed by atoms with Crippen molar-refractivity contribution in [2.75, 3.05) is 19.7 Å². The molecule has 0 bridgehead atoms. The highest BCUT2D eigenvalue weighted by Gasteiger charge is 2.30. The second-order valence-corrected chi connectivity index (χ2v) is 5.41. The third-order valence-electron chi connectivity index (χ3n) is 3.74. The summed E-state index contributed by atoms with van der Waals surface area (Å²) in [4.78, 5) is 13.8. The fourth-order valence-electron chi connectivity index (χ4n) is 2.58. The molecule has 1 unspecified atom stereocenters. The molecule has 1 aromatic rings. The lowest BCUT2D eigenvalue weighted by Crippen LogP contribution is -2.41. The van der Waals surface area contributed by atoms with E-state index in [-0.39, 0.29) is 24.9 Å². The molecule has 0 radical (unpaired) electrons. The van der Waals surface area contributed by atoms with Gasteiger partial charge >= 0.3 is 6.18 Å². The maximum absolute atomic E-state index is 12.6. The molecule has 0 saturated carbocycles. The van der Waals surface area contributed by atoms with Crippen LogP contribution in [0.2, 0.25) is 0 Å². The van der Waals surface area contributed by atoms with Crippen LogP contribution >= 0.6 is 0 Å². The third-order valence-corrected chi connectivity index (χ3v) is 3.74. The largest absolute Gasteiger partial charge is 0.416 e. The van der Waals surface area contributed by atoms with Crippen LogP contribution in [0.1, 0.15) is 24.0 Å². The summed E-state index contributed by atoms with van der Waals surface area (Å²) in [6.45, 7) is 1.12. The van der Waals surface area contributed by atoms with Gasteiger partial charge in [-0.1, -0.05) is 18.2 Å². The summed E-state index contributed by atoms with van der Waals surface area (Å²) in [6, 6.07) is 4.86. The van der Waals surface area contributed by atoms with E-state index in [1.165, 1.54) is 12.1 Å². The first-order valence-electron chi connectivity index (χ1n) is 6.95. The standard InChI is InChI=1S/C15H18F3NO2/c16-15(17,18)13-5-1-3-11(7-13)8-14(21)19-6-2-4-12(9-19)10-20/h1,3,5,7,12,20H,2,4,6,8-10H2. The molecule has 1 aliphatic rings. The molecular weight excluding hydrogens is 283 g/mol. The van der Waals surface area contributed by atoms with Gasteiger partial charge in [-0.2, -0.15) is 13.2 Å². The molecule has 1 heterocycles. The minimum Gasteiger partial charge on any atom is -0.396 e. The van der Waals surface area contributed by atoms with Gasteiger partial charge in [0.2, 0.25) is 5.91 Å². The summed E-state index contributed by atoms with van der Waals surface area (Å²) in [7, 11) is 0. The third kappa shape index (κ3) is 4.20. The Morgan fingerprint density at radius 2 is 2.14 bits per heavy atom. The van der Waals surface area contributed by atoms with Crippen molar-refractivity contribution in [2.45, 2.75) is 25.4 Å². The van der Waals surface area contributed by atoms with Crippen molar-refractivity contribution >= 4 is 5.91 Å². The average Bonchev–Trinajstić information content (AvgIpc) is 2.46. The lowest BCUT2D eigenvalue weighted by Gasteiger charge is -2.32. The molecule has 21 heavy (non-hydrogen) atoms. The Bertz CT molecular complexity index is 502. The van der Waals surface area contributed by atoms with Gasteiger partial charge in [0, 0.05) is 19.7 Å². The van der Waals surface area contributed by atoms with Crippen LogP contribution < -0.4 is 0 Å². The summed E-state index contributed by atoms with van der Waals surface area (Å²) in [5.41, 5.74) is -0.374. The molecule has 1 aliphatic heterocycles. The van der Waals surface area contributed by atoms with Crippen LogP contribution in [-0.2, 0) is 17.4 Å². The SMILES string of the molecule is O=C(Cc1cccc(C(F)(F)F)c1)N1CCCC(CO)C1. The van der Waals surface area contributed by atoms with Crippen LogP contribution in [0.4, 0.5) is 13.2 Å². The van der Waals surface area contributed by atoms with Gasteiger partial charge in [-0.3, -0.25) is 4.79 Å². The Kier molecular flexibility index (Phi) is 4.88. The molecule has 2 rings (SSSR count). The molecule has 3 nitrogen and oxygen atoms in total. The first-order valence-corrected chi connectivity index (χ1v) is 6.95. The highest BCUT2D eigenvalue weighted by Crippen LogP contribution is 2.29. The number of halogens is 3. The number of carbonyl (C=O) groups is 1. The Labute approximate surface area is 121 Å². The van der Waals surface area contributed by atoms with Gasteiger partial charge in [-0.15, -0.1) is 0 Å². The highest BCUT2D eigenvalue weighted by atomic mass is 19.4. The predicted octanol–water partition coefficient (Wildman–Crippen LogP) is 2.48. The second-order valence-electron chi connectivity index (χ2n) is 5.41. The van der Waals surface area contributed by atoms with Crippen LogP contribution in [0.5, 0.6) is 0 Å². The number of nitrogens with zero attached hydrogens (tertiary/aromatic N) is 1. The molecule has 1 N–H and O–H groups in total. The number of aliphatic hydroxyl groups excluding tert-OH is 1. The lowest BCUT2D eigenvalue weighted by molar-refractivity contribution is -0.138. The number of piperidine rings is 1. The molecule has 1 amide bonds. The zero-order chi connectivity index (χ0) is 15.5. The number of rotatable bonds is 3. The van der Waals surface area contributed by atoms with Gasteiger partial charge in [0.1, 0.15) is 0 Å². The van der Waals surface area contributed by atoms with Gasteiger partial charge in [-0.25, -0.2) is 0 Å². The Morgan fingerprint density at radius 3 is 2.81 bits per heavy atom. The van der Waals surface area contributed by atoms with Crippen LogP contribution in [0.15, 0.2) is 24.3 Å². The lowest BCUT2D eigenvalue weighted by atomic mass is 9.98. The van der Waals surface area contributed by atoms with Gasteiger partial charge in [0.15, 0.2) is 0 Å². The molecule has 6 heteroatoms. The van der Waals surface area contributed by atoms with E-state index in [4.69, 9.17) is 5.11 Å². The number of alkyl halides is 3. The molecule has 0 aliphatic carbocycles. The van der Waals surface area contributed by atoms with Crippen LogP contribution in [-0.4, -0.2) is 35.6 Å². The van der Waals surface area contributed by atoms with E-state index in [1.54, 1.807) is 4.90 Å². The molecular formula is C15H18F3NO2. The molecule has 0 aromatic heterocycles. The smallest absolute Gasteiger partial charge is 0.396 e. The molecule has 0 spiro atoms. The number of carbonyl (C=O) groups excluding carboxylic acids is 1.